The molecule has 4 nitrogen and oxygen atoms in total. The molecule has 0 unspecified atom stereocenters. The van der Waals surface area contributed by atoms with Gasteiger partial charge in [-0.3, -0.25) is 10.8 Å². The molecule has 4 aromatic rings. The zero-order valence-electron chi connectivity index (χ0n) is 19.5. The molecule has 180 valence electrons. The van der Waals surface area contributed by atoms with Crippen molar-refractivity contribution in [1.29, 1.82) is 10.8 Å². The van der Waals surface area contributed by atoms with Gasteiger partial charge in [0.25, 0.3) is 0 Å². The van der Waals surface area contributed by atoms with E-state index in [2.05, 4.69) is 0 Å². The highest BCUT2D eigenvalue weighted by Crippen LogP contribution is 2.41. The van der Waals surface area contributed by atoms with E-state index < -0.39 is 0 Å². The minimum atomic E-state index is -0.322. The molecule has 1 aliphatic rings. The first kappa shape index (κ1) is 23.8. The highest BCUT2D eigenvalue weighted by atomic mass is 32.1. The van der Waals surface area contributed by atoms with Crippen LogP contribution in [0.1, 0.15) is 20.9 Å². The number of nitrogens with two attached hydrogens (primary N) is 2. The Kier molecular flexibility index (Phi) is 5.94. The lowest BCUT2D eigenvalue weighted by Gasteiger charge is -2.22. The molecule has 36 heavy (non-hydrogen) atoms. The number of aryl methyl sites for hydroxylation is 2. The van der Waals surface area contributed by atoms with Crippen molar-refractivity contribution in [3.8, 4) is 20.9 Å². The van der Waals surface area contributed by atoms with Crippen molar-refractivity contribution < 1.29 is 8.78 Å². The van der Waals surface area contributed by atoms with E-state index in [9.17, 15) is 8.78 Å². The number of hydrogen-bond acceptors (Lipinski definition) is 6. The van der Waals surface area contributed by atoms with Crippen LogP contribution in [0.3, 0.4) is 0 Å². The molecule has 2 aromatic carbocycles. The molecule has 1 aliphatic carbocycles. The van der Waals surface area contributed by atoms with Crippen molar-refractivity contribution in [3.63, 3.8) is 0 Å². The second-order valence-corrected chi connectivity index (χ2v) is 10.8. The predicted molar refractivity (Wildman–Crippen MR) is 147 cm³/mol. The number of benzene rings is 2. The minimum absolute atomic E-state index is 0.0639. The zero-order valence-corrected chi connectivity index (χ0v) is 21.1. The number of rotatable bonds is 4. The van der Waals surface area contributed by atoms with Gasteiger partial charge in [0.05, 0.1) is 22.8 Å². The lowest BCUT2D eigenvalue weighted by atomic mass is 9.88. The third kappa shape index (κ3) is 3.98. The molecule has 0 aliphatic heterocycles. The van der Waals surface area contributed by atoms with Gasteiger partial charge in [-0.1, -0.05) is 24.3 Å². The number of nitrogens with one attached hydrogen (secondary N) is 2. The van der Waals surface area contributed by atoms with Crippen LogP contribution in [-0.2, 0) is 0 Å². The van der Waals surface area contributed by atoms with Crippen LogP contribution < -0.4 is 11.5 Å². The summed E-state index contributed by atoms with van der Waals surface area (Å²) < 4.78 is 29.0. The molecule has 0 spiro atoms. The van der Waals surface area contributed by atoms with E-state index in [0.717, 1.165) is 11.1 Å². The Hall–Kier alpha value is -3.88. The summed E-state index contributed by atoms with van der Waals surface area (Å²) in [7, 11) is 0. The molecule has 5 rings (SSSR count). The van der Waals surface area contributed by atoms with Crippen molar-refractivity contribution in [2.24, 2.45) is 11.5 Å². The Morgan fingerprint density at radius 3 is 1.31 bits per heavy atom. The lowest BCUT2D eigenvalue weighted by Crippen LogP contribution is -2.29. The third-order valence-corrected chi connectivity index (χ3v) is 8.34. The fourth-order valence-electron chi connectivity index (χ4n) is 4.17. The van der Waals surface area contributed by atoms with Gasteiger partial charge in [-0.2, -0.15) is 0 Å². The van der Waals surface area contributed by atoms with Crippen LogP contribution in [0.4, 0.5) is 8.78 Å². The summed E-state index contributed by atoms with van der Waals surface area (Å²) in [4.78, 5) is 2.65. The molecule has 0 atom stereocenters. The molecule has 0 amide bonds. The van der Waals surface area contributed by atoms with Crippen molar-refractivity contribution in [2.45, 2.75) is 13.8 Å². The Bertz CT molecular complexity index is 1520. The molecule has 0 saturated carbocycles. The van der Waals surface area contributed by atoms with Gasteiger partial charge >= 0.3 is 0 Å². The van der Waals surface area contributed by atoms with Crippen LogP contribution >= 0.6 is 22.7 Å². The fourth-order valence-corrected chi connectivity index (χ4v) is 6.37. The molecule has 6 N–H and O–H groups in total. The molecule has 2 heterocycles. The van der Waals surface area contributed by atoms with Gasteiger partial charge in [0.1, 0.15) is 11.6 Å². The van der Waals surface area contributed by atoms with Crippen molar-refractivity contribution >= 4 is 45.2 Å². The lowest BCUT2D eigenvalue weighted by molar-refractivity contribution is 0.630. The number of halogens is 2. The second-order valence-electron chi connectivity index (χ2n) is 8.62. The number of thiophene rings is 2. The van der Waals surface area contributed by atoms with E-state index >= 15 is 0 Å². The average Bonchev–Trinajstić information content (AvgIpc) is 3.49. The number of allylic oxidation sites excluding steroid dienone is 2. The predicted octanol–water partition coefficient (Wildman–Crippen LogP) is 7.13. The van der Waals surface area contributed by atoms with E-state index in [-0.39, 0.29) is 34.5 Å². The molecule has 0 saturated heterocycles. The first-order valence-corrected chi connectivity index (χ1v) is 12.7. The summed E-state index contributed by atoms with van der Waals surface area (Å²) in [6.07, 6.45) is 0. The SMILES string of the molecule is Cc1ccc(-c2ccc(C3=C(N)C(N)=C(c4ccc(-c5ccc(C)cc5F)s4)C(=N)C3=N)s2)c(F)c1. The van der Waals surface area contributed by atoms with Crippen molar-refractivity contribution in [1.82, 2.24) is 0 Å². The Morgan fingerprint density at radius 2 is 0.944 bits per heavy atom. The summed E-state index contributed by atoms with van der Waals surface area (Å²) in [5.41, 5.74) is 16.4. The maximum atomic E-state index is 14.5. The van der Waals surface area contributed by atoms with E-state index in [1.807, 2.05) is 26.0 Å². The molecule has 0 fully saturated rings. The van der Waals surface area contributed by atoms with Crippen LogP contribution in [0.15, 0.2) is 72.1 Å². The normalized spacial score (nSPS) is 14.2. The number of hydrogen-bond donors (Lipinski definition) is 4. The monoisotopic (exact) mass is 516 g/mol. The van der Waals surface area contributed by atoms with Crippen LogP contribution in [0.5, 0.6) is 0 Å². The summed E-state index contributed by atoms with van der Waals surface area (Å²) in [6.45, 7) is 3.65. The van der Waals surface area contributed by atoms with Gasteiger partial charge in [-0.15, -0.1) is 22.7 Å². The summed E-state index contributed by atoms with van der Waals surface area (Å²) in [5, 5.41) is 17.5. The van der Waals surface area contributed by atoms with E-state index in [1.54, 1.807) is 36.4 Å². The van der Waals surface area contributed by atoms with Crippen LogP contribution in [0, 0.1) is 36.3 Å². The summed E-state index contributed by atoms with van der Waals surface area (Å²) >= 11 is 2.59. The van der Waals surface area contributed by atoms with E-state index in [0.29, 0.717) is 41.8 Å². The van der Waals surface area contributed by atoms with Gasteiger partial charge in [0.2, 0.25) is 0 Å². The van der Waals surface area contributed by atoms with Crippen LogP contribution in [0.2, 0.25) is 0 Å². The first-order chi connectivity index (χ1) is 17.2. The fraction of sp³-hybridized carbons (Fsp3) is 0.0714. The topological polar surface area (TPSA) is 99.7 Å². The molecule has 8 heteroatoms. The highest BCUT2D eigenvalue weighted by molar-refractivity contribution is 7.18. The van der Waals surface area contributed by atoms with Gasteiger partial charge in [-0.25, -0.2) is 8.78 Å². The van der Waals surface area contributed by atoms with Gasteiger partial charge < -0.3 is 11.5 Å². The Morgan fingerprint density at radius 1 is 0.583 bits per heavy atom. The zero-order chi connectivity index (χ0) is 25.7. The Labute approximate surface area is 215 Å². The smallest absolute Gasteiger partial charge is 0.132 e. The molecule has 0 radical (unpaired) electrons. The third-order valence-electron chi connectivity index (χ3n) is 6.06. The van der Waals surface area contributed by atoms with E-state index in [1.165, 1.54) is 34.8 Å². The van der Waals surface area contributed by atoms with Gasteiger partial charge in [0.15, 0.2) is 0 Å². The quantitative estimate of drug-likeness (QED) is 0.217. The second kappa shape index (κ2) is 8.96. The molecule has 0 bridgehead atoms. The molecule has 2 aromatic heterocycles. The first-order valence-electron chi connectivity index (χ1n) is 11.1. The van der Waals surface area contributed by atoms with Crippen molar-refractivity contribution in [3.05, 3.63) is 105 Å². The van der Waals surface area contributed by atoms with Crippen LogP contribution in [0.25, 0.3) is 32.0 Å². The maximum Gasteiger partial charge on any atom is 0.132 e. The Balaban J connectivity index is 1.56. The maximum absolute atomic E-state index is 14.5. The largest absolute Gasteiger partial charge is 0.396 e. The minimum Gasteiger partial charge on any atom is -0.396 e. The van der Waals surface area contributed by atoms with Crippen molar-refractivity contribution in [2.75, 3.05) is 0 Å². The molecular formula is C28H22F2N4S2. The van der Waals surface area contributed by atoms with Gasteiger partial charge in [0, 0.05) is 41.8 Å². The van der Waals surface area contributed by atoms with Crippen LogP contribution in [-0.4, -0.2) is 11.4 Å². The summed E-state index contributed by atoms with van der Waals surface area (Å²) in [5.74, 6) is -0.644. The average molecular weight is 517 g/mol. The molecular weight excluding hydrogens is 494 g/mol. The van der Waals surface area contributed by atoms with E-state index in [4.69, 9.17) is 22.3 Å². The standard InChI is InChI=1S/C28H22F2N4S2/c1-13-3-5-15(17(29)11-13)19-7-9-21(35-19)23-25(31)27(33)24(28(34)26(23)32)22-10-8-20(36-22)16-6-4-14(2)12-18(16)30/h3-12,31,33H,32,34H2,1-2H3. The highest BCUT2D eigenvalue weighted by Gasteiger charge is 2.31. The van der Waals surface area contributed by atoms with Gasteiger partial charge in [-0.05, 0) is 61.4 Å². The summed E-state index contributed by atoms with van der Waals surface area (Å²) in [6, 6.07) is 17.2.